The van der Waals surface area contributed by atoms with Crippen molar-refractivity contribution in [1.82, 2.24) is 0 Å². The van der Waals surface area contributed by atoms with Crippen molar-refractivity contribution in [3.05, 3.63) is 0 Å². The van der Waals surface area contributed by atoms with Gasteiger partial charge in [-0.1, -0.05) is 0 Å². The highest BCUT2D eigenvalue weighted by atomic mass is 16.6. The third-order valence-electron chi connectivity index (χ3n) is 6.03. The van der Waals surface area contributed by atoms with Gasteiger partial charge >= 0.3 is 0 Å². The Hall–Kier alpha value is -0.120. The molecule has 134 valence electrons. The molecular weight excluding hydrogens is 288 g/mol. The van der Waals surface area contributed by atoms with Gasteiger partial charge in [-0.15, -0.1) is 0 Å². The van der Waals surface area contributed by atoms with Gasteiger partial charge in [0.05, 0.1) is 17.8 Å². The van der Waals surface area contributed by atoms with Crippen LogP contribution in [0.3, 0.4) is 0 Å². The molecule has 3 heteroatoms. The topological polar surface area (TPSA) is 38.7 Å². The lowest BCUT2D eigenvalue weighted by Gasteiger charge is -2.63. The second-order valence-electron chi connectivity index (χ2n) is 10.8. The van der Waals surface area contributed by atoms with Crippen LogP contribution < -0.4 is 0 Å². The summed E-state index contributed by atoms with van der Waals surface area (Å²) in [5.74, 6) is 1.50. The van der Waals surface area contributed by atoms with E-state index in [-0.39, 0.29) is 22.0 Å². The normalized spacial score (nSPS) is 41.3. The summed E-state index contributed by atoms with van der Waals surface area (Å²) in [6.45, 7) is 13.4. The molecule has 0 aromatic carbocycles. The Morgan fingerprint density at radius 3 is 2.00 bits per heavy atom. The number of aliphatic hydroxyl groups excluding tert-OH is 1. The zero-order valence-electron chi connectivity index (χ0n) is 15.9. The first-order chi connectivity index (χ1) is 10.4. The van der Waals surface area contributed by atoms with Gasteiger partial charge in [-0.3, -0.25) is 0 Å². The van der Waals surface area contributed by atoms with Crippen molar-refractivity contribution in [2.75, 3.05) is 6.61 Å². The van der Waals surface area contributed by atoms with Crippen molar-refractivity contribution in [3.8, 4) is 0 Å². The maximum Gasteiger partial charge on any atom is 0.160 e. The van der Waals surface area contributed by atoms with Crippen molar-refractivity contribution < 1.29 is 14.6 Å². The van der Waals surface area contributed by atoms with Crippen LogP contribution in [-0.2, 0) is 9.47 Å². The van der Waals surface area contributed by atoms with E-state index in [9.17, 15) is 5.11 Å². The Bertz CT molecular complexity index is 429. The van der Waals surface area contributed by atoms with E-state index in [0.717, 1.165) is 37.7 Å². The van der Waals surface area contributed by atoms with E-state index in [0.29, 0.717) is 0 Å². The summed E-state index contributed by atoms with van der Waals surface area (Å²) >= 11 is 0. The summed E-state index contributed by atoms with van der Waals surface area (Å²) < 4.78 is 12.2. The van der Waals surface area contributed by atoms with E-state index in [2.05, 4.69) is 20.8 Å². The first-order valence-electron chi connectivity index (χ1n) is 9.40. The SMILES string of the molecule is CC(C)(C)OCC12CC3CC(C1)CC(C(O)OC(C)(C)C)(C3)C2. The summed E-state index contributed by atoms with van der Waals surface area (Å²) in [4.78, 5) is 0. The van der Waals surface area contributed by atoms with Crippen LogP contribution in [0.25, 0.3) is 0 Å². The van der Waals surface area contributed by atoms with Crippen LogP contribution in [0.2, 0.25) is 0 Å². The minimum absolute atomic E-state index is 0.0430. The van der Waals surface area contributed by atoms with E-state index in [4.69, 9.17) is 9.47 Å². The van der Waals surface area contributed by atoms with Gasteiger partial charge in [0.2, 0.25) is 0 Å². The predicted molar refractivity (Wildman–Crippen MR) is 92.1 cm³/mol. The van der Waals surface area contributed by atoms with Crippen LogP contribution in [0.5, 0.6) is 0 Å². The van der Waals surface area contributed by atoms with Gasteiger partial charge in [0, 0.05) is 5.41 Å². The fraction of sp³-hybridized carbons (Fsp3) is 1.00. The molecule has 4 aliphatic rings. The smallest absolute Gasteiger partial charge is 0.160 e. The van der Waals surface area contributed by atoms with E-state index >= 15 is 0 Å². The number of rotatable bonds is 4. The van der Waals surface area contributed by atoms with E-state index < -0.39 is 6.29 Å². The molecule has 0 aromatic heterocycles. The van der Waals surface area contributed by atoms with Gasteiger partial charge in [-0.05, 0) is 97.3 Å². The highest BCUT2D eigenvalue weighted by molar-refractivity contribution is 5.09. The fourth-order valence-electron chi connectivity index (χ4n) is 5.81. The molecule has 0 spiro atoms. The molecule has 0 aliphatic heterocycles. The zero-order valence-corrected chi connectivity index (χ0v) is 15.9. The summed E-state index contributed by atoms with van der Waals surface area (Å²) in [6.07, 6.45) is 6.62. The Labute approximate surface area is 142 Å². The Balaban J connectivity index is 1.78. The highest BCUT2D eigenvalue weighted by Gasteiger charge is 2.60. The molecule has 0 radical (unpaired) electrons. The monoisotopic (exact) mass is 324 g/mol. The minimum atomic E-state index is -0.637. The molecule has 0 saturated heterocycles. The van der Waals surface area contributed by atoms with Gasteiger partial charge in [0.1, 0.15) is 0 Å². The molecule has 4 rings (SSSR count). The molecule has 4 saturated carbocycles. The second-order valence-corrected chi connectivity index (χ2v) is 10.8. The lowest BCUT2D eigenvalue weighted by Crippen LogP contribution is -2.59. The van der Waals surface area contributed by atoms with Crippen LogP contribution in [0.15, 0.2) is 0 Å². The van der Waals surface area contributed by atoms with Crippen LogP contribution in [0.4, 0.5) is 0 Å². The first-order valence-corrected chi connectivity index (χ1v) is 9.40. The molecule has 3 unspecified atom stereocenters. The Morgan fingerprint density at radius 2 is 1.52 bits per heavy atom. The molecule has 0 heterocycles. The Kier molecular flexibility index (Phi) is 4.18. The number of hydrogen-bond acceptors (Lipinski definition) is 3. The number of aliphatic hydroxyl groups is 1. The van der Waals surface area contributed by atoms with Gasteiger partial charge in [0.25, 0.3) is 0 Å². The lowest BCUT2D eigenvalue weighted by molar-refractivity contribution is -0.279. The third kappa shape index (κ3) is 3.77. The van der Waals surface area contributed by atoms with Crippen LogP contribution in [0.1, 0.15) is 80.1 Å². The standard InChI is InChI=1S/C20H36O3/c1-17(2,3)22-13-19-8-14-7-15(9-19)11-20(10-14,12-19)16(21)23-18(4,5)6/h14-16,21H,7-13H2,1-6H3. The second kappa shape index (κ2) is 5.44. The van der Waals surface area contributed by atoms with Gasteiger partial charge in [0.15, 0.2) is 6.29 Å². The fourth-order valence-corrected chi connectivity index (χ4v) is 5.81. The maximum atomic E-state index is 10.9. The quantitative estimate of drug-likeness (QED) is 0.773. The lowest BCUT2D eigenvalue weighted by atomic mass is 9.44. The summed E-state index contributed by atoms with van der Waals surface area (Å²) in [7, 11) is 0. The molecule has 4 aliphatic carbocycles. The summed E-state index contributed by atoms with van der Waals surface area (Å²) in [6, 6.07) is 0. The molecule has 3 nitrogen and oxygen atoms in total. The zero-order chi connectivity index (χ0) is 17.1. The van der Waals surface area contributed by atoms with Crippen molar-refractivity contribution in [3.63, 3.8) is 0 Å². The van der Waals surface area contributed by atoms with Gasteiger partial charge in [-0.25, -0.2) is 0 Å². The van der Waals surface area contributed by atoms with E-state index in [1.165, 1.54) is 19.3 Å². The average Bonchev–Trinajstić information content (AvgIpc) is 2.32. The third-order valence-corrected chi connectivity index (χ3v) is 6.03. The molecule has 0 amide bonds. The number of ether oxygens (including phenoxy) is 2. The summed E-state index contributed by atoms with van der Waals surface area (Å²) in [5.41, 5.74) is -0.160. The van der Waals surface area contributed by atoms with Gasteiger partial charge in [-0.2, -0.15) is 0 Å². The Morgan fingerprint density at radius 1 is 0.957 bits per heavy atom. The molecule has 23 heavy (non-hydrogen) atoms. The molecule has 4 fully saturated rings. The van der Waals surface area contributed by atoms with E-state index in [1.807, 2.05) is 20.8 Å². The average molecular weight is 325 g/mol. The van der Waals surface area contributed by atoms with Gasteiger partial charge < -0.3 is 14.6 Å². The molecule has 0 aromatic rings. The maximum absolute atomic E-state index is 10.9. The van der Waals surface area contributed by atoms with Crippen molar-refractivity contribution >= 4 is 0 Å². The highest BCUT2D eigenvalue weighted by Crippen LogP contribution is 2.66. The predicted octanol–water partition coefficient (Wildman–Crippen LogP) is 4.52. The van der Waals surface area contributed by atoms with Crippen LogP contribution in [0, 0.1) is 22.7 Å². The van der Waals surface area contributed by atoms with Crippen molar-refractivity contribution in [2.24, 2.45) is 22.7 Å². The molecule has 4 bridgehead atoms. The van der Waals surface area contributed by atoms with Crippen molar-refractivity contribution in [2.45, 2.75) is 97.6 Å². The largest absolute Gasteiger partial charge is 0.375 e. The first kappa shape index (κ1) is 17.7. The minimum Gasteiger partial charge on any atom is -0.375 e. The molecule has 3 atom stereocenters. The number of hydrogen-bond donors (Lipinski definition) is 1. The molecule has 1 N–H and O–H groups in total. The van der Waals surface area contributed by atoms with E-state index in [1.54, 1.807) is 0 Å². The summed E-state index contributed by atoms with van der Waals surface area (Å²) in [5, 5.41) is 10.9. The van der Waals surface area contributed by atoms with Crippen LogP contribution >= 0.6 is 0 Å². The van der Waals surface area contributed by atoms with Crippen molar-refractivity contribution in [1.29, 1.82) is 0 Å². The molecular formula is C20H36O3. The van der Waals surface area contributed by atoms with Crippen LogP contribution in [-0.4, -0.2) is 29.2 Å².